The molecule has 0 amide bonds. The molecule has 0 unspecified atom stereocenters. The van der Waals surface area contributed by atoms with E-state index in [1.165, 1.54) is 31.4 Å². The number of hydrogen-bond acceptors (Lipinski definition) is 7. The first kappa shape index (κ1) is 25.2. The highest BCUT2D eigenvalue weighted by Gasteiger charge is 2.66. The van der Waals surface area contributed by atoms with Crippen molar-refractivity contribution in [3.63, 3.8) is 0 Å². The van der Waals surface area contributed by atoms with Crippen LogP contribution in [0.4, 0.5) is 0 Å². The summed E-state index contributed by atoms with van der Waals surface area (Å²) in [5.74, 6) is -1.60. The van der Waals surface area contributed by atoms with Gasteiger partial charge in [-0.3, -0.25) is 0 Å². The molecule has 0 aromatic heterocycles. The van der Waals surface area contributed by atoms with Crippen LogP contribution in [0.25, 0.3) is 0 Å². The number of aliphatic hydroxyl groups is 1. The van der Waals surface area contributed by atoms with Gasteiger partial charge >= 0.3 is 11.9 Å². The summed E-state index contributed by atoms with van der Waals surface area (Å²) in [5, 5.41) is 12.6. The van der Waals surface area contributed by atoms with E-state index in [4.69, 9.17) is 30.5 Å². The average Bonchev–Trinajstić information content (AvgIpc) is 2.89. The Kier molecular flexibility index (Phi) is 7.94. The van der Waals surface area contributed by atoms with Gasteiger partial charge in [-0.05, 0) is 41.0 Å². The fraction of sp³-hybridized carbons (Fsp3) is 0.231. The van der Waals surface area contributed by atoms with E-state index in [1.807, 2.05) is 0 Å². The van der Waals surface area contributed by atoms with E-state index in [-0.39, 0.29) is 17.7 Å². The molecule has 0 aliphatic carbocycles. The zero-order chi connectivity index (χ0) is 24.8. The number of benzene rings is 3. The summed E-state index contributed by atoms with van der Waals surface area (Å²) in [6.45, 7) is -0.162. The number of ether oxygens (including phenoxy) is 4. The molecule has 3 aromatic carbocycles. The number of rotatable bonds is 9. The maximum Gasteiger partial charge on any atom is 0.347 e. The lowest BCUT2D eigenvalue weighted by atomic mass is 9.72. The van der Waals surface area contributed by atoms with Crippen molar-refractivity contribution in [3.05, 3.63) is 101 Å². The fourth-order valence-corrected chi connectivity index (χ4v) is 3.88. The maximum atomic E-state index is 13.5. The van der Waals surface area contributed by atoms with Gasteiger partial charge in [0, 0.05) is 5.02 Å². The third-order valence-corrected chi connectivity index (χ3v) is 5.77. The molecule has 2 atom stereocenters. The van der Waals surface area contributed by atoms with E-state index in [9.17, 15) is 14.7 Å². The Morgan fingerprint density at radius 3 is 1.91 bits per heavy atom. The lowest BCUT2D eigenvalue weighted by Crippen LogP contribution is -2.61. The summed E-state index contributed by atoms with van der Waals surface area (Å²) in [5.41, 5.74) is -4.07. The smallest absolute Gasteiger partial charge is 0.347 e. The van der Waals surface area contributed by atoms with Gasteiger partial charge in [0.25, 0.3) is 0 Å². The van der Waals surface area contributed by atoms with E-state index in [0.29, 0.717) is 16.3 Å². The number of esters is 2. The second kappa shape index (κ2) is 10.7. The van der Waals surface area contributed by atoms with E-state index < -0.39 is 23.1 Å². The van der Waals surface area contributed by atoms with Crippen LogP contribution in [0.15, 0.2) is 78.9 Å². The van der Waals surface area contributed by atoms with Gasteiger partial charge in [-0.25, -0.2) is 9.59 Å². The number of carbonyl (C=O) groups is 2. The predicted octanol–water partition coefficient (Wildman–Crippen LogP) is 3.99. The van der Waals surface area contributed by atoms with Crippen LogP contribution in [-0.2, 0) is 41.6 Å². The van der Waals surface area contributed by atoms with Gasteiger partial charge in [0.1, 0.15) is 5.75 Å². The molecule has 34 heavy (non-hydrogen) atoms. The summed E-state index contributed by atoms with van der Waals surface area (Å²) in [6, 6.07) is 20.9. The number of hydrogen-bond donors (Lipinski definition) is 1. The Morgan fingerprint density at radius 1 is 0.794 bits per heavy atom. The molecule has 0 radical (unpaired) electrons. The van der Waals surface area contributed by atoms with E-state index in [2.05, 4.69) is 0 Å². The molecular weight excluding hydrogens is 460 g/mol. The molecular formula is C26H25ClO7. The lowest BCUT2D eigenvalue weighted by Gasteiger charge is -2.43. The first-order valence-corrected chi connectivity index (χ1v) is 10.7. The summed E-state index contributed by atoms with van der Waals surface area (Å²) >= 11 is 5.98. The standard InChI is InChI=1S/C26H25ClO7/c1-31-22-15-11-20(12-16-22)26(24(29)33-3,34-17-18-9-13-21(27)14-10-18)25(30,23(28)32-2)19-7-5-4-6-8-19/h4-16,30H,17H2,1-3H3/t25-,26+/m0/s1. The number of carbonyl (C=O) groups excluding carboxylic acids is 2. The van der Waals surface area contributed by atoms with Gasteiger partial charge in [0.05, 0.1) is 27.9 Å². The largest absolute Gasteiger partial charge is 0.497 e. The molecule has 7 nitrogen and oxygen atoms in total. The van der Waals surface area contributed by atoms with Crippen LogP contribution < -0.4 is 4.74 Å². The average molecular weight is 485 g/mol. The van der Waals surface area contributed by atoms with Crippen LogP contribution in [0, 0.1) is 0 Å². The van der Waals surface area contributed by atoms with Crippen molar-refractivity contribution < 1.29 is 33.6 Å². The van der Waals surface area contributed by atoms with Crippen molar-refractivity contribution in [2.75, 3.05) is 21.3 Å². The SMILES string of the molecule is COC(=O)[C@@](O)(c1ccccc1)[C@](OCc1ccc(Cl)cc1)(C(=O)OC)c1ccc(OC)cc1. The second-order valence-electron chi connectivity index (χ2n) is 7.38. The fourth-order valence-electron chi connectivity index (χ4n) is 3.75. The van der Waals surface area contributed by atoms with Gasteiger partial charge in [0.15, 0.2) is 0 Å². The maximum absolute atomic E-state index is 13.5. The number of methoxy groups -OCH3 is 3. The lowest BCUT2D eigenvalue weighted by molar-refractivity contribution is -0.232. The summed E-state index contributed by atoms with van der Waals surface area (Å²) < 4.78 is 21.5. The van der Waals surface area contributed by atoms with Crippen LogP contribution in [0.3, 0.4) is 0 Å². The Hall–Kier alpha value is -3.39. The molecule has 3 rings (SSSR count). The Labute approximate surface area is 202 Å². The first-order chi connectivity index (χ1) is 16.3. The predicted molar refractivity (Wildman–Crippen MR) is 125 cm³/mol. The molecule has 1 N–H and O–H groups in total. The zero-order valence-electron chi connectivity index (χ0n) is 19.0. The minimum Gasteiger partial charge on any atom is -0.497 e. The van der Waals surface area contributed by atoms with E-state index in [1.54, 1.807) is 54.6 Å². The summed E-state index contributed by atoms with van der Waals surface area (Å²) in [4.78, 5) is 26.8. The molecule has 0 spiro atoms. The van der Waals surface area contributed by atoms with Crippen LogP contribution in [-0.4, -0.2) is 38.4 Å². The highest BCUT2D eigenvalue weighted by atomic mass is 35.5. The van der Waals surface area contributed by atoms with Gasteiger partial charge in [-0.2, -0.15) is 0 Å². The van der Waals surface area contributed by atoms with E-state index >= 15 is 0 Å². The normalized spacial score (nSPS) is 14.4. The van der Waals surface area contributed by atoms with E-state index in [0.717, 1.165) is 14.2 Å². The highest BCUT2D eigenvalue weighted by Crippen LogP contribution is 2.46. The third kappa shape index (κ3) is 4.50. The minimum absolute atomic E-state index is 0.0826. The third-order valence-electron chi connectivity index (χ3n) is 5.52. The molecule has 0 saturated heterocycles. The van der Waals surface area contributed by atoms with Gasteiger partial charge < -0.3 is 24.1 Å². The van der Waals surface area contributed by atoms with Crippen LogP contribution in [0.2, 0.25) is 5.02 Å². The Morgan fingerprint density at radius 2 is 1.38 bits per heavy atom. The van der Waals surface area contributed by atoms with Crippen molar-refractivity contribution in [1.29, 1.82) is 0 Å². The molecule has 0 aliphatic rings. The highest BCUT2D eigenvalue weighted by molar-refractivity contribution is 6.30. The van der Waals surface area contributed by atoms with Crippen LogP contribution in [0.1, 0.15) is 16.7 Å². The topological polar surface area (TPSA) is 91.3 Å². The second-order valence-corrected chi connectivity index (χ2v) is 7.82. The van der Waals surface area contributed by atoms with Crippen molar-refractivity contribution in [2.24, 2.45) is 0 Å². The Bertz CT molecular complexity index is 1120. The minimum atomic E-state index is -2.61. The first-order valence-electron chi connectivity index (χ1n) is 10.3. The van der Waals surface area contributed by atoms with Crippen molar-refractivity contribution in [3.8, 4) is 5.75 Å². The molecule has 0 saturated carbocycles. The molecule has 0 bridgehead atoms. The van der Waals surface area contributed by atoms with Crippen molar-refractivity contribution in [2.45, 2.75) is 17.8 Å². The van der Waals surface area contributed by atoms with Crippen molar-refractivity contribution >= 4 is 23.5 Å². The Balaban J connectivity index is 2.30. The molecule has 0 heterocycles. The molecule has 8 heteroatoms. The number of halogens is 1. The molecule has 0 fully saturated rings. The summed E-state index contributed by atoms with van der Waals surface area (Å²) in [7, 11) is 3.76. The van der Waals surface area contributed by atoms with Crippen LogP contribution in [0.5, 0.6) is 5.75 Å². The van der Waals surface area contributed by atoms with Gasteiger partial charge in [-0.1, -0.05) is 66.2 Å². The molecule has 0 aliphatic heterocycles. The monoisotopic (exact) mass is 484 g/mol. The molecule has 178 valence electrons. The van der Waals surface area contributed by atoms with Crippen LogP contribution >= 0.6 is 11.6 Å². The molecule has 3 aromatic rings. The van der Waals surface area contributed by atoms with Crippen molar-refractivity contribution in [1.82, 2.24) is 0 Å². The van der Waals surface area contributed by atoms with Gasteiger partial charge in [0.2, 0.25) is 11.2 Å². The van der Waals surface area contributed by atoms with Gasteiger partial charge in [-0.15, -0.1) is 0 Å². The zero-order valence-corrected chi connectivity index (χ0v) is 19.7. The quantitative estimate of drug-likeness (QED) is 0.459. The summed E-state index contributed by atoms with van der Waals surface area (Å²) in [6.07, 6.45) is 0.